The lowest BCUT2D eigenvalue weighted by atomic mass is 10.1. The maximum Gasteiger partial charge on any atom is 0.408 e. The lowest BCUT2D eigenvalue weighted by Gasteiger charge is -2.23. The molecule has 63 heavy (non-hydrogen) atoms. The highest BCUT2D eigenvalue weighted by molar-refractivity contribution is 6.06. The highest BCUT2D eigenvalue weighted by atomic mass is 16.6. The third-order valence-electron chi connectivity index (χ3n) is 9.89. The number of unbranched alkanes of at least 4 members (excludes halogenated alkanes) is 4. The van der Waals surface area contributed by atoms with Crippen LogP contribution in [0.3, 0.4) is 0 Å². The van der Waals surface area contributed by atoms with Crippen molar-refractivity contribution in [2.24, 2.45) is 5.73 Å². The Morgan fingerprint density at radius 1 is 0.444 bits per heavy atom. The van der Waals surface area contributed by atoms with E-state index in [-0.39, 0.29) is 0 Å². The maximum atomic E-state index is 12.8. The van der Waals surface area contributed by atoms with Gasteiger partial charge >= 0.3 is 6.09 Å². The SMILES string of the molecule is CC(C)(C)OC(=O)NC(C(=O)NCCCCc1ccccc1)C(=O)NCCCCc1ccccc1.NC(C(=O)NCCCCc1ccccc1)C(=O)NCCCCc1ccccc1. The second-order valence-electron chi connectivity index (χ2n) is 16.5. The van der Waals surface area contributed by atoms with Gasteiger partial charge in [0.25, 0.3) is 11.8 Å². The molecule has 340 valence electrons. The molecule has 0 aromatic heterocycles. The molecule has 0 aliphatic carbocycles. The van der Waals surface area contributed by atoms with E-state index in [0.717, 1.165) is 77.0 Å². The van der Waals surface area contributed by atoms with Gasteiger partial charge in [0.1, 0.15) is 5.60 Å². The molecule has 0 radical (unpaired) electrons. The third kappa shape index (κ3) is 23.7. The molecule has 7 N–H and O–H groups in total. The summed E-state index contributed by atoms with van der Waals surface area (Å²) >= 11 is 0. The summed E-state index contributed by atoms with van der Waals surface area (Å²) in [5.74, 6) is -1.92. The highest BCUT2D eigenvalue weighted by Gasteiger charge is 2.30. The standard InChI is InChI=1S/C28H39N3O4.C23H31N3O2/c1-28(2,3)35-27(34)31-24(25(32)29-20-12-10-18-22-14-6-4-7-15-22)26(33)30-21-13-11-19-23-16-8-5-9-17-23;24-21(22(27)25-17-9-7-15-19-11-3-1-4-12-19)23(28)26-18-10-8-16-20-13-5-2-6-14-20/h4-9,14-17,24H,10-13,18-21H2,1-3H3,(H,29,32)(H,30,33)(H,31,34);1-6,11-14,21H,7-10,15-18,24H2,(H,25,27)(H,26,28). The van der Waals surface area contributed by atoms with Crippen molar-refractivity contribution in [3.05, 3.63) is 144 Å². The van der Waals surface area contributed by atoms with Gasteiger partial charge in [-0.05, 0) is 120 Å². The summed E-state index contributed by atoms with van der Waals surface area (Å²) in [4.78, 5) is 61.7. The van der Waals surface area contributed by atoms with Gasteiger partial charge < -0.3 is 37.1 Å². The van der Waals surface area contributed by atoms with E-state index in [0.29, 0.717) is 26.2 Å². The zero-order valence-electron chi connectivity index (χ0n) is 37.5. The predicted octanol–water partition coefficient (Wildman–Crippen LogP) is 6.75. The first kappa shape index (κ1) is 51.3. The molecule has 12 nitrogen and oxygen atoms in total. The lowest BCUT2D eigenvalue weighted by molar-refractivity contribution is -0.133. The van der Waals surface area contributed by atoms with Crippen molar-refractivity contribution in [3.8, 4) is 0 Å². The van der Waals surface area contributed by atoms with Crippen LogP contribution in [0.1, 0.15) is 94.4 Å². The molecule has 0 atom stereocenters. The van der Waals surface area contributed by atoms with Crippen LogP contribution < -0.4 is 32.3 Å². The number of alkyl carbamates (subject to hydrolysis) is 1. The van der Waals surface area contributed by atoms with Crippen molar-refractivity contribution in [1.29, 1.82) is 0 Å². The van der Waals surface area contributed by atoms with Gasteiger partial charge in [-0.3, -0.25) is 19.2 Å². The monoisotopic (exact) mass is 863 g/mol. The Morgan fingerprint density at radius 3 is 0.984 bits per heavy atom. The molecule has 0 bridgehead atoms. The van der Waals surface area contributed by atoms with Crippen LogP contribution in [0.15, 0.2) is 121 Å². The first-order valence-electron chi connectivity index (χ1n) is 22.4. The minimum Gasteiger partial charge on any atom is -0.444 e. The third-order valence-corrected chi connectivity index (χ3v) is 9.89. The Kier molecular flexibility index (Phi) is 24.5. The van der Waals surface area contributed by atoms with Crippen LogP contribution in [-0.4, -0.2) is 73.6 Å². The van der Waals surface area contributed by atoms with Crippen LogP contribution in [0.2, 0.25) is 0 Å². The minimum absolute atomic E-state index is 0.415. The van der Waals surface area contributed by atoms with Crippen LogP contribution in [0.25, 0.3) is 0 Å². The van der Waals surface area contributed by atoms with Crippen molar-refractivity contribution < 1.29 is 28.7 Å². The molecule has 0 spiro atoms. The van der Waals surface area contributed by atoms with Crippen molar-refractivity contribution in [1.82, 2.24) is 26.6 Å². The smallest absolute Gasteiger partial charge is 0.408 e. The Labute approximate surface area is 374 Å². The molecule has 0 saturated carbocycles. The topological polar surface area (TPSA) is 181 Å². The Morgan fingerprint density at radius 2 is 0.714 bits per heavy atom. The number of carbonyl (C=O) groups excluding carboxylic acids is 5. The molecule has 0 aliphatic heterocycles. The van der Waals surface area contributed by atoms with Crippen LogP contribution in [0, 0.1) is 0 Å². The van der Waals surface area contributed by atoms with Gasteiger partial charge in [-0.15, -0.1) is 0 Å². The molecule has 4 aromatic carbocycles. The lowest BCUT2D eigenvalue weighted by Crippen LogP contribution is -2.56. The summed E-state index contributed by atoms with van der Waals surface area (Å²) in [6.07, 6.45) is 9.99. The number of rotatable bonds is 25. The fourth-order valence-electron chi connectivity index (χ4n) is 6.46. The number of aryl methyl sites for hydroxylation is 4. The van der Waals surface area contributed by atoms with E-state index < -0.39 is 47.4 Å². The van der Waals surface area contributed by atoms with Gasteiger partial charge in [-0.25, -0.2) is 4.79 Å². The number of amides is 5. The number of nitrogens with two attached hydrogens (primary N) is 1. The molecule has 0 fully saturated rings. The Hall–Kier alpha value is -6.01. The van der Waals surface area contributed by atoms with Crippen molar-refractivity contribution in [3.63, 3.8) is 0 Å². The molecular formula is C51H70N6O6. The fraction of sp³-hybridized carbons (Fsp3) is 0.431. The summed E-state index contributed by atoms with van der Waals surface area (Å²) in [5.41, 5.74) is 10.1. The van der Waals surface area contributed by atoms with E-state index in [9.17, 15) is 24.0 Å². The zero-order chi connectivity index (χ0) is 45.5. The van der Waals surface area contributed by atoms with Gasteiger partial charge in [0, 0.05) is 26.2 Å². The Balaban J connectivity index is 0.000000344. The van der Waals surface area contributed by atoms with Crippen LogP contribution in [-0.2, 0) is 49.6 Å². The van der Waals surface area contributed by atoms with E-state index in [2.05, 4.69) is 75.1 Å². The number of benzene rings is 4. The van der Waals surface area contributed by atoms with E-state index >= 15 is 0 Å². The van der Waals surface area contributed by atoms with Gasteiger partial charge in [-0.2, -0.15) is 0 Å². The summed E-state index contributed by atoms with van der Waals surface area (Å²) in [6, 6.07) is 38.2. The highest BCUT2D eigenvalue weighted by Crippen LogP contribution is 2.09. The molecule has 0 saturated heterocycles. The summed E-state index contributed by atoms with van der Waals surface area (Å²) < 4.78 is 5.24. The van der Waals surface area contributed by atoms with E-state index in [4.69, 9.17) is 10.5 Å². The summed E-state index contributed by atoms with van der Waals surface area (Å²) in [6.45, 7) is 7.07. The van der Waals surface area contributed by atoms with Crippen molar-refractivity contribution in [2.75, 3.05) is 26.2 Å². The average Bonchev–Trinajstić information content (AvgIpc) is 3.28. The summed E-state index contributed by atoms with van der Waals surface area (Å²) in [5, 5.41) is 13.5. The van der Waals surface area contributed by atoms with Crippen molar-refractivity contribution >= 4 is 29.7 Å². The van der Waals surface area contributed by atoms with Gasteiger partial charge in [0.15, 0.2) is 12.1 Å². The first-order chi connectivity index (χ1) is 30.4. The number of carbonyl (C=O) groups is 5. The average molecular weight is 863 g/mol. The van der Waals surface area contributed by atoms with Gasteiger partial charge in [-0.1, -0.05) is 121 Å². The van der Waals surface area contributed by atoms with Crippen LogP contribution in [0.5, 0.6) is 0 Å². The normalized spacial score (nSPS) is 10.9. The van der Waals surface area contributed by atoms with E-state index in [1.165, 1.54) is 22.3 Å². The molecular weight excluding hydrogens is 793 g/mol. The maximum absolute atomic E-state index is 12.8. The second kappa shape index (κ2) is 30.1. The Bertz CT molecular complexity index is 1770. The molecule has 12 heteroatoms. The second-order valence-corrected chi connectivity index (χ2v) is 16.5. The van der Waals surface area contributed by atoms with E-state index in [1.54, 1.807) is 20.8 Å². The first-order valence-corrected chi connectivity index (χ1v) is 22.4. The molecule has 5 amide bonds. The van der Waals surface area contributed by atoms with Crippen LogP contribution >= 0.6 is 0 Å². The van der Waals surface area contributed by atoms with Crippen LogP contribution in [0.4, 0.5) is 4.79 Å². The number of ether oxygens (including phenoxy) is 1. The van der Waals surface area contributed by atoms with Crippen molar-refractivity contribution in [2.45, 2.75) is 116 Å². The molecule has 0 aliphatic rings. The number of hydrogen-bond donors (Lipinski definition) is 6. The largest absolute Gasteiger partial charge is 0.444 e. The predicted molar refractivity (Wildman–Crippen MR) is 251 cm³/mol. The minimum atomic E-state index is -1.35. The molecule has 4 rings (SSSR count). The summed E-state index contributed by atoms with van der Waals surface area (Å²) in [7, 11) is 0. The zero-order valence-corrected chi connectivity index (χ0v) is 37.5. The van der Waals surface area contributed by atoms with Gasteiger partial charge in [0.2, 0.25) is 11.8 Å². The fourth-order valence-corrected chi connectivity index (χ4v) is 6.46. The number of hydrogen-bond acceptors (Lipinski definition) is 7. The van der Waals surface area contributed by atoms with E-state index in [1.807, 2.05) is 72.8 Å². The number of nitrogens with one attached hydrogen (secondary N) is 5. The quantitative estimate of drug-likeness (QED) is 0.0315. The molecule has 0 heterocycles. The molecule has 0 unspecified atom stereocenters. The van der Waals surface area contributed by atoms with Gasteiger partial charge in [0.05, 0.1) is 0 Å². The molecule has 4 aromatic rings.